The van der Waals surface area contributed by atoms with Crippen LogP contribution in [0.2, 0.25) is 0 Å². The third-order valence-corrected chi connectivity index (χ3v) is 6.58. The Morgan fingerprint density at radius 1 is 1.06 bits per heavy atom. The number of halogens is 3. The van der Waals surface area contributed by atoms with Gasteiger partial charge in [0.1, 0.15) is 6.61 Å². The lowest BCUT2D eigenvalue weighted by molar-refractivity contribution is -0.129. The topological polar surface area (TPSA) is 57.1 Å². The summed E-state index contributed by atoms with van der Waals surface area (Å²) >= 11 is 9.27. The van der Waals surface area contributed by atoms with E-state index in [0.717, 1.165) is 15.6 Å². The van der Waals surface area contributed by atoms with Gasteiger partial charge in [0.25, 0.3) is 0 Å². The molecule has 1 heterocycles. The van der Waals surface area contributed by atoms with Crippen LogP contribution in [0.1, 0.15) is 16.7 Å². The Kier molecular flexibility index (Phi) is 7.32. The van der Waals surface area contributed by atoms with Gasteiger partial charge in [-0.25, -0.2) is 9.79 Å². The van der Waals surface area contributed by atoms with Crippen LogP contribution in [0.5, 0.6) is 11.5 Å². The van der Waals surface area contributed by atoms with Crippen LogP contribution in [0.4, 0.5) is 0 Å². The van der Waals surface area contributed by atoms with Crippen molar-refractivity contribution in [3.05, 3.63) is 95.6 Å². The first-order chi connectivity index (χ1) is 15.4. The minimum Gasteiger partial charge on any atom is -0.493 e. The van der Waals surface area contributed by atoms with Gasteiger partial charge < -0.3 is 14.2 Å². The SMILES string of the molecule is COc1cc(/C=C2\N=C(c3ccccc3Br)OC2=O)cc(Br)c1OCc1ccc(I)cc1. The molecule has 0 unspecified atom stereocenters. The molecular weight excluding hydrogens is 653 g/mol. The summed E-state index contributed by atoms with van der Waals surface area (Å²) in [6, 6.07) is 19.2. The molecule has 162 valence electrons. The first-order valence-corrected chi connectivity index (χ1v) is 12.1. The van der Waals surface area contributed by atoms with Crippen LogP contribution in [-0.4, -0.2) is 19.0 Å². The normalized spacial score (nSPS) is 14.3. The van der Waals surface area contributed by atoms with E-state index in [1.54, 1.807) is 19.3 Å². The van der Waals surface area contributed by atoms with Crippen LogP contribution < -0.4 is 9.47 Å². The second kappa shape index (κ2) is 10.2. The van der Waals surface area contributed by atoms with Crippen LogP contribution >= 0.6 is 54.5 Å². The Morgan fingerprint density at radius 2 is 1.81 bits per heavy atom. The highest BCUT2D eigenvalue weighted by atomic mass is 127. The standard InChI is InChI=1S/C24H16Br2INO4/c1-30-21-12-15(10-19(26)22(21)31-13-14-6-8-16(27)9-7-14)11-20-24(29)32-23(28-20)17-4-2-3-5-18(17)25/h2-12H,13H2,1H3/b20-11-. The van der Waals surface area contributed by atoms with E-state index in [4.69, 9.17) is 14.2 Å². The zero-order valence-corrected chi connectivity index (χ0v) is 22.1. The van der Waals surface area contributed by atoms with Crippen molar-refractivity contribution in [2.45, 2.75) is 6.61 Å². The maximum Gasteiger partial charge on any atom is 0.363 e. The van der Waals surface area contributed by atoms with E-state index in [1.165, 1.54) is 3.57 Å². The van der Waals surface area contributed by atoms with Crippen molar-refractivity contribution in [2.75, 3.05) is 7.11 Å². The first-order valence-electron chi connectivity index (χ1n) is 9.47. The van der Waals surface area contributed by atoms with Crippen LogP contribution in [0.15, 0.2) is 80.3 Å². The molecule has 4 rings (SSSR count). The fraction of sp³-hybridized carbons (Fsp3) is 0.0833. The number of hydrogen-bond donors (Lipinski definition) is 0. The average molecular weight is 669 g/mol. The van der Waals surface area contributed by atoms with Crippen LogP contribution in [0.3, 0.4) is 0 Å². The molecule has 3 aromatic rings. The number of cyclic esters (lactones) is 1. The number of carbonyl (C=O) groups excluding carboxylic acids is 1. The molecule has 0 N–H and O–H groups in total. The first kappa shape index (κ1) is 23.0. The van der Waals surface area contributed by atoms with E-state index in [-0.39, 0.29) is 11.6 Å². The second-order valence-electron chi connectivity index (χ2n) is 6.77. The summed E-state index contributed by atoms with van der Waals surface area (Å²) in [6.07, 6.45) is 1.66. The highest BCUT2D eigenvalue weighted by molar-refractivity contribution is 14.1. The van der Waals surface area contributed by atoms with Gasteiger partial charge in [-0.05, 0) is 108 Å². The highest BCUT2D eigenvalue weighted by Gasteiger charge is 2.25. The van der Waals surface area contributed by atoms with E-state index in [0.29, 0.717) is 28.1 Å². The van der Waals surface area contributed by atoms with Crippen molar-refractivity contribution < 1.29 is 19.0 Å². The van der Waals surface area contributed by atoms with E-state index >= 15 is 0 Å². The van der Waals surface area contributed by atoms with Crippen LogP contribution in [0, 0.1) is 3.57 Å². The van der Waals surface area contributed by atoms with Gasteiger partial charge in [-0.1, -0.05) is 24.3 Å². The summed E-state index contributed by atoms with van der Waals surface area (Å²) < 4.78 is 19.6. The molecule has 0 spiro atoms. The lowest BCUT2D eigenvalue weighted by Crippen LogP contribution is -2.05. The smallest absolute Gasteiger partial charge is 0.363 e. The Hall–Kier alpha value is -2.17. The summed E-state index contributed by atoms with van der Waals surface area (Å²) in [7, 11) is 1.57. The highest BCUT2D eigenvalue weighted by Crippen LogP contribution is 2.38. The van der Waals surface area contributed by atoms with Gasteiger partial charge in [0.2, 0.25) is 5.90 Å². The van der Waals surface area contributed by atoms with E-state index in [2.05, 4.69) is 59.4 Å². The predicted molar refractivity (Wildman–Crippen MR) is 139 cm³/mol. The molecule has 0 aromatic heterocycles. The number of benzene rings is 3. The van der Waals surface area contributed by atoms with E-state index in [1.807, 2.05) is 54.6 Å². The summed E-state index contributed by atoms with van der Waals surface area (Å²) in [5, 5.41) is 0. The van der Waals surface area contributed by atoms with Gasteiger partial charge >= 0.3 is 5.97 Å². The van der Waals surface area contributed by atoms with Gasteiger partial charge in [-0.15, -0.1) is 0 Å². The molecule has 32 heavy (non-hydrogen) atoms. The van der Waals surface area contributed by atoms with Gasteiger partial charge in [-0.3, -0.25) is 0 Å². The van der Waals surface area contributed by atoms with Crippen LogP contribution in [0.25, 0.3) is 6.08 Å². The van der Waals surface area contributed by atoms with Crippen molar-refractivity contribution >= 4 is 72.4 Å². The number of methoxy groups -OCH3 is 1. The van der Waals surface area contributed by atoms with Crippen molar-refractivity contribution in [1.29, 1.82) is 0 Å². The third-order valence-electron chi connectivity index (χ3n) is 4.58. The second-order valence-corrected chi connectivity index (χ2v) is 9.72. The zero-order chi connectivity index (χ0) is 22.7. The number of hydrogen-bond acceptors (Lipinski definition) is 5. The largest absolute Gasteiger partial charge is 0.493 e. The minimum atomic E-state index is -0.509. The average Bonchev–Trinajstić information content (AvgIpc) is 3.14. The van der Waals surface area contributed by atoms with Gasteiger partial charge in [0.05, 0.1) is 17.1 Å². The zero-order valence-electron chi connectivity index (χ0n) is 16.8. The molecule has 8 heteroatoms. The fourth-order valence-corrected chi connectivity index (χ4v) is 4.40. The number of esters is 1. The monoisotopic (exact) mass is 667 g/mol. The van der Waals surface area contributed by atoms with Gasteiger partial charge in [-0.2, -0.15) is 0 Å². The predicted octanol–water partition coefficient (Wildman–Crippen LogP) is 6.75. The van der Waals surface area contributed by atoms with Crippen molar-refractivity contribution in [1.82, 2.24) is 0 Å². The molecule has 0 atom stereocenters. The molecule has 0 aliphatic carbocycles. The molecule has 0 amide bonds. The summed E-state index contributed by atoms with van der Waals surface area (Å²) in [5.41, 5.74) is 2.69. The molecule has 1 aliphatic heterocycles. The maximum atomic E-state index is 12.4. The Balaban J connectivity index is 1.59. The van der Waals surface area contributed by atoms with Gasteiger partial charge in [0.15, 0.2) is 17.2 Å². The van der Waals surface area contributed by atoms with Crippen molar-refractivity contribution in [3.8, 4) is 11.5 Å². The molecule has 5 nitrogen and oxygen atoms in total. The molecule has 0 fully saturated rings. The quantitative estimate of drug-likeness (QED) is 0.166. The molecule has 0 bridgehead atoms. The molecule has 3 aromatic carbocycles. The molecule has 1 aliphatic rings. The minimum absolute atomic E-state index is 0.206. The number of rotatable bonds is 6. The number of ether oxygens (including phenoxy) is 3. The summed E-state index contributed by atoms with van der Waals surface area (Å²) in [5.74, 6) is 0.875. The molecular formula is C24H16Br2INO4. The number of carbonyl (C=O) groups is 1. The van der Waals surface area contributed by atoms with E-state index in [9.17, 15) is 4.79 Å². The van der Waals surface area contributed by atoms with Crippen molar-refractivity contribution in [2.24, 2.45) is 4.99 Å². The Labute approximate surface area is 215 Å². The molecule has 0 saturated carbocycles. The maximum absolute atomic E-state index is 12.4. The van der Waals surface area contributed by atoms with E-state index < -0.39 is 5.97 Å². The number of nitrogens with zero attached hydrogens (tertiary/aromatic N) is 1. The Morgan fingerprint density at radius 3 is 2.53 bits per heavy atom. The van der Waals surface area contributed by atoms with Gasteiger partial charge in [0, 0.05) is 8.04 Å². The fourth-order valence-electron chi connectivity index (χ4n) is 3.02. The van der Waals surface area contributed by atoms with Crippen LogP contribution in [-0.2, 0) is 16.1 Å². The molecule has 0 radical (unpaired) electrons. The lowest BCUT2D eigenvalue weighted by Gasteiger charge is -2.14. The third kappa shape index (κ3) is 5.24. The molecule has 0 saturated heterocycles. The lowest BCUT2D eigenvalue weighted by atomic mass is 10.1. The summed E-state index contributed by atoms with van der Waals surface area (Å²) in [6.45, 7) is 0.401. The number of aliphatic imine (C=N–C) groups is 1. The van der Waals surface area contributed by atoms with Crippen molar-refractivity contribution in [3.63, 3.8) is 0 Å². The summed E-state index contributed by atoms with van der Waals surface area (Å²) in [4.78, 5) is 16.7. The Bertz CT molecular complexity index is 1240.